The number of ether oxygens (including phenoxy) is 2. The van der Waals surface area contributed by atoms with E-state index < -0.39 is 5.97 Å². The first kappa shape index (κ1) is 15.6. The van der Waals surface area contributed by atoms with Gasteiger partial charge in [-0.3, -0.25) is 9.69 Å². The number of piperidine rings is 1. The molecule has 0 spiro atoms. The number of hydrogen-bond acceptors (Lipinski definition) is 4. The summed E-state index contributed by atoms with van der Waals surface area (Å²) in [5.41, 5.74) is 0. The molecule has 21 heavy (non-hydrogen) atoms. The molecule has 1 N–H and O–H groups in total. The number of likely N-dealkylation sites (tertiary alicyclic amines) is 1. The van der Waals surface area contributed by atoms with Crippen LogP contribution in [0.4, 0.5) is 0 Å². The van der Waals surface area contributed by atoms with E-state index in [-0.39, 0.29) is 6.04 Å². The van der Waals surface area contributed by atoms with E-state index in [2.05, 4.69) is 0 Å². The van der Waals surface area contributed by atoms with E-state index in [1.54, 1.807) is 0 Å². The van der Waals surface area contributed by atoms with Gasteiger partial charge in [-0.25, -0.2) is 0 Å². The molecule has 0 amide bonds. The highest BCUT2D eigenvalue weighted by atomic mass is 16.5. The van der Waals surface area contributed by atoms with Gasteiger partial charge in [-0.15, -0.1) is 0 Å². The van der Waals surface area contributed by atoms with Crippen molar-refractivity contribution in [2.45, 2.75) is 32.2 Å². The SMILES string of the molecule is CCOc1cccc(OCCN2CCCCC2C(=O)O)c1. The Labute approximate surface area is 125 Å². The zero-order chi connectivity index (χ0) is 15.1. The lowest BCUT2D eigenvalue weighted by Crippen LogP contribution is -2.46. The van der Waals surface area contributed by atoms with Crippen molar-refractivity contribution >= 4 is 5.97 Å². The molecule has 1 atom stereocenters. The molecule has 1 heterocycles. The van der Waals surface area contributed by atoms with Gasteiger partial charge in [0.25, 0.3) is 0 Å². The van der Waals surface area contributed by atoms with Crippen LogP contribution in [0.25, 0.3) is 0 Å². The van der Waals surface area contributed by atoms with E-state index in [9.17, 15) is 9.90 Å². The maximum absolute atomic E-state index is 11.2. The van der Waals surface area contributed by atoms with Crippen LogP contribution >= 0.6 is 0 Å². The standard InChI is InChI=1S/C16H23NO4/c1-2-20-13-6-5-7-14(12-13)21-11-10-17-9-4-3-8-15(17)16(18)19/h5-7,12,15H,2-4,8-11H2,1H3,(H,18,19). The van der Waals surface area contributed by atoms with Gasteiger partial charge in [0.2, 0.25) is 0 Å². The van der Waals surface area contributed by atoms with E-state index in [1.807, 2.05) is 36.1 Å². The second-order valence-electron chi connectivity index (χ2n) is 5.14. The largest absolute Gasteiger partial charge is 0.494 e. The summed E-state index contributed by atoms with van der Waals surface area (Å²) < 4.78 is 11.1. The Hall–Kier alpha value is -1.75. The lowest BCUT2D eigenvalue weighted by Gasteiger charge is -2.32. The maximum atomic E-state index is 11.2. The van der Waals surface area contributed by atoms with Crippen molar-refractivity contribution in [2.24, 2.45) is 0 Å². The molecule has 0 radical (unpaired) electrons. The number of aliphatic carboxylic acids is 1. The molecule has 0 bridgehead atoms. The van der Waals surface area contributed by atoms with E-state index in [4.69, 9.17) is 9.47 Å². The second-order valence-corrected chi connectivity index (χ2v) is 5.14. The molecule has 0 aromatic heterocycles. The van der Waals surface area contributed by atoms with Crippen LogP contribution in [0.1, 0.15) is 26.2 Å². The molecular weight excluding hydrogens is 270 g/mol. The molecule has 116 valence electrons. The lowest BCUT2D eigenvalue weighted by atomic mass is 10.0. The molecule has 5 nitrogen and oxygen atoms in total. The van der Waals surface area contributed by atoms with Crippen molar-refractivity contribution in [3.8, 4) is 11.5 Å². The lowest BCUT2D eigenvalue weighted by molar-refractivity contribution is -0.144. The van der Waals surface area contributed by atoms with Crippen LogP contribution in [0, 0.1) is 0 Å². The highest BCUT2D eigenvalue weighted by Gasteiger charge is 2.27. The van der Waals surface area contributed by atoms with Crippen LogP contribution in [0.5, 0.6) is 11.5 Å². The zero-order valence-corrected chi connectivity index (χ0v) is 12.5. The quantitative estimate of drug-likeness (QED) is 0.836. The Kier molecular flexibility index (Phi) is 5.87. The number of nitrogens with zero attached hydrogens (tertiary/aromatic N) is 1. The summed E-state index contributed by atoms with van der Waals surface area (Å²) in [7, 11) is 0. The number of rotatable bonds is 7. The van der Waals surface area contributed by atoms with Crippen molar-refractivity contribution in [3.63, 3.8) is 0 Å². The fourth-order valence-corrected chi connectivity index (χ4v) is 2.64. The smallest absolute Gasteiger partial charge is 0.320 e. The topological polar surface area (TPSA) is 59.0 Å². The maximum Gasteiger partial charge on any atom is 0.320 e. The molecule has 0 saturated carbocycles. The van der Waals surface area contributed by atoms with Crippen molar-refractivity contribution in [2.75, 3.05) is 26.3 Å². The summed E-state index contributed by atoms with van der Waals surface area (Å²) in [5, 5.41) is 9.22. The van der Waals surface area contributed by atoms with Crippen molar-refractivity contribution in [3.05, 3.63) is 24.3 Å². The molecule has 1 fully saturated rings. The predicted octanol–water partition coefficient (Wildman–Crippen LogP) is 2.40. The third-order valence-electron chi connectivity index (χ3n) is 3.66. The minimum Gasteiger partial charge on any atom is -0.494 e. The third-order valence-corrected chi connectivity index (χ3v) is 3.66. The van der Waals surface area contributed by atoms with Crippen molar-refractivity contribution in [1.29, 1.82) is 0 Å². The van der Waals surface area contributed by atoms with Crippen LogP contribution < -0.4 is 9.47 Å². The summed E-state index contributed by atoms with van der Waals surface area (Å²) in [4.78, 5) is 13.2. The molecule has 1 aromatic rings. The van der Waals surface area contributed by atoms with E-state index >= 15 is 0 Å². The van der Waals surface area contributed by atoms with E-state index in [1.165, 1.54) is 0 Å². The Morgan fingerprint density at radius 1 is 1.33 bits per heavy atom. The average molecular weight is 293 g/mol. The van der Waals surface area contributed by atoms with Gasteiger partial charge in [0.15, 0.2) is 0 Å². The zero-order valence-electron chi connectivity index (χ0n) is 12.5. The number of hydrogen-bond donors (Lipinski definition) is 1. The Morgan fingerprint density at radius 3 is 2.81 bits per heavy atom. The van der Waals surface area contributed by atoms with E-state index in [0.717, 1.165) is 37.3 Å². The molecule has 1 aliphatic heterocycles. The Morgan fingerprint density at radius 2 is 2.10 bits per heavy atom. The molecule has 1 aromatic carbocycles. The summed E-state index contributed by atoms with van der Waals surface area (Å²) in [6.45, 7) is 4.52. The highest BCUT2D eigenvalue weighted by Crippen LogP contribution is 2.20. The van der Waals surface area contributed by atoms with Crippen LogP contribution in [-0.4, -0.2) is 48.3 Å². The van der Waals surface area contributed by atoms with Gasteiger partial charge in [-0.05, 0) is 38.4 Å². The molecule has 0 aliphatic carbocycles. The van der Waals surface area contributed by atoms with Gasteiger partial charge in [-0.1, -0.05) is 12.5 Å². The van der Waals surface area contributed by atoms with Gasteiger partial charge >= 0.3 is 5.97 Å². The number of carboxylic acids is 1. The first-order chi connectivity index (χ1) is 10.2. The molecule has 1 aliphatic rings. The van der Waals surface area contributed by atoms with Crippen LogP contribution in [-0.2, 0) is 4.79 Å². The van der Waals surface area contributed by atoms with Crippen LogP contribution in [0.15, 0.2) is 24.3 Å². The van der Waals surface area contributed by atoms with E-state index in [0.29, 0.717) is 19.8 Å². The minimum absolute atomic E-state index is 0.364. The summed E-state index contributed by atoms with van der Waals surface area (Å²) in [6.07, 6.45) is 2.78. The number of carbonyl (C=O) groups is 1. The first-order valence-electron chi connectivity index (χ1n) is 7.53. The third kappa shape index (κ3) is 4.63. The molecule has 1 saturated heterocycles. The fourth-order valence-electron chi connectivity index (χ4n) is 2.64. The highest BCUT2D eigenvalue weighted by molar-refractivity contribution is 5.73. The predicted molar refractivity (Wildman–Crippen MR) is 80.0 cm³/mol. The molecule has 1 unspecified atom stereocenters. The van der Waals surface area contributed by atoms with Crippen molar-refractivity contribution < 1.29 is 19.4 Å². The van der Waals surface area contributed by atoms with Crippen molar-refractivity contribution in [1.82, 2.24) is 4.90 Å². The monoisotopic (exact) mass is 293 g/mol. The normalized spacial score (nSPS) is 19.2. The summed E-state index contributed by atoms with van der Waals surface area (Å²) >= 11 is 0. The van der Waals surface area contributed by atoms with Gasteiger partial charge in [-0.2, -0.15) is 0 Å². The van der Waals surface area contributed by atoms with Gasteiger partial charge in [0.1, 0.15) is 24.1 Å². The summed E-state index contributed by atoms with van der Waals surface area (Å²) in [5.74, 6) is 0.814. The van der Waals surface area contributed by atoms with Gasteiger partial charge < -0.3 is 14.6 Å². The summed E-state index contributed by atoms with van der Waals surface area (Å²) in [6, 6.07) is 7.15. The Balaban J connectivity index is 1.82. The second kappa shape index (κ2) is 7.88. The van der Waals surface area contributed by atoms with Crippen LogP contribution in [0.2, 0.25) is 0 Å². The molecule has 5 heteroatoms. The van der Waals surface area contributed by atoms with Gasteiger partial charge in [0, 0.05) is 12.6 Å². The number of carboxylic acid groups (broad SMARTS) is 1. The minimum atomic E-state index is -0.729. The molecular formula is C16H23NO4. The fraction of sp³-hybridized carbons (Fsp3) is 0.562. The van der Waals surface area contributed by atoms with Crippen LogP contribution in [0.3, 0.4) is 0 Å². The first-order valence-corrected chi connectivity index (χ1v) is 7.53. The molecule has 2 rings (SSSR count). The Bertz CT molecular complexity index is 463. The van der Waals surface area contributed by atoms with Gasteiger partial charge in [0.05, 0.1) is 6.61 Å². The number of benzene rings is 1. The average Bonchev–Trinajstić information content (AvgIpc) is 2.48.